The van der Waals surface area contributed by atoms with Gasteiger partial charge in [-0.1, -0.05) is 0 Å². The smallest absolute Gasteiger partial charge is 0.224 e. The molecule has 1 rings (SSSR count). The molecule has 0 saturated heterocycles. The lowest BCUT2D eigenvalue weighted by molar-refractivity contribution is -0.121. The zero-order chi connectivity index (χ0) is 13.9. The van der Waals surface area contributed by atoms with Crippen molar-refractivity contribution in [2.75, 3.05) is 0 Å². The Balaban J connectivity index is 2.60. The summed E-state index contributed by atoms with van der Waals surface area (Å²) >= 11 is 0. The number of amides is 1. The molecule has 102 valence electrons. The van der Waals surface area contributed by atoms with Gasteiger partial charge >= 0.3 is 0 Å². The van der Waals surface area contributed by atoms with Crippen molar-refractivity contribution in [3.05, 3.63) is 17.0 Å². The molecule has 0 radical (unpaired) electrons. The molecule has 1 amide bonds. The summed E-state index contributed by atoms with van der Waals surface area (Å²) in [7, 11) is 1.87. The molecular weight excluding hydrogens is 230 g/mol. The third-order valence-electron chi connectivity index (χ3n) is 3.10. The van der Waals surface area contributed by atoms with Gasteiger partial charge in [0.1, 0.15) is 0 Å². The molecular formula is C13H23N3O2. The third kappa shape index (κ3) is 3.84. The maximum Gasteiger partial charge on any atom is 0.224 e. The van der Waals surface area contributed by atoms with Crippen LogP contribution in [0.5, 0.6) is 0 Å². The molecule has 0 spiro atoms. The van der Waals surface area contributed by atoms with Gasteiger partial charge in [0.25, 0.3) is 0 Å². The zero-order valence-corrected chi connectivity index (χ0v) is 11.8. The number of nitrogens with zero attached hydrogens (tertiary/aromatic N) is 2. The van der Waals surface area contributed by atoms with Crippen molar-refractivity contribution < 1.29 is 9.90 Å². The lowest BCUT2D eigenvalue weighted by Crippen LogP contribution is -2.35. The number of carbonyl (C=O) groups excluding carboxylic acids is 1. The first-order valence-corrected chi connectivity index (χ1v) is 6.27. The Kier molecular flexibility index (Phi) is 4.90. The minimum atomic E-state index is -0.401. The highest BCUT2D eigenvalue weighted by atomic mass is 16.3. The number of aliphatic hydroxyl groups excluding tert-OH is 1. The normalized spacial score (nSPS) is 14.3. The van der Waals surface area contributed by atoms with Crippen LogP contribution in [0.1, 0.15) is 37.2 Å². The second-order valence-electron chi connectivity index (χ2n) is 5.00. The summed E-state index contributed by atoms with van der Waals surface area (Å²) in [6.45, 7) is 7.49. The first-order valence-electron chi connectivity index (χ1n) is 6.27. The van der Waals surface area contributed by atoms with E-state index in [1.165, 1.54) is 0 Å². The first kappa shape index (κ1) is 14.7. The van der Waals surface area contributed by atoms with E-state index in [-0.39, 0.29) is 11.9 Å². The Bertz CT molecular complexity index is 424. The molecule has 0 aliphatic carbocycles. The van der Waals surface area contributed by atoms with Crippen molar-refractivity contribution in [2.24, 2.45) is 7.05 Å². The molecule has 1 aromatic rings. The van der Waals surface area contributed by atoms with Crippen LogP contribution in [0.15, 0.2) is 0 Å². The van der Waals surface area contributed by atoms with Gasteiger partial charge in [-0.25, -0.2) is 0 Å². The SMILES string of the molecule is Cc1nn(C)c(C)c1CC(=O)NC(C)CC(C)O. The van der Waals surface area contributed by atoms with Crippen molar-refractivity contribution in [3.63, 3.8) is 0 Å². The Morgan fingerprint density at radius 3 is 2.50 bits per heavy atom. The Morgan fingerprint density at radius 1 is 1.44 bits per heavy atom. The van der Waals surface area contributed by atoms with E-state index in [2.05, 4.69) is 10.4 Å². The number of aromatic nitrogens is 2. The maximum atomic E-state index is 11.9. The highest BCUT2D eigenvalue weighted by molar-refractivity contribution is 5.79. The van der Waals surface area contributed by atoms with Crippen molar-refractivity contribution >= 4 is 5.91 Å². The Hall–Kier alpha value is -1.36. The van der Waals surface area contributed by atoms with Crippen LogP contribution >= 0.6 is 0 Å². The number of aryl methyl sites for hydroxylation is 2. The van der Waals surface area contributed by atoms with Gasteiger partial charge in [-0.05, 0) is 34.1 Å². The van der Waals surface area contributed by atoms with Crippen molar-refractivity contribution in [2.45, 2.75) is 52.7 Å². The van der Waals surface area contributed by atoms with Crippen LogP contribution in [-0.2, 0) is 18.3 Å². The lowest BCUT2D eigenvalue weighted by Gasteiger charge is -2.15. The number of rotatable bonds is 5. The number of hydrogen-bond donors (Lipinski definition) is 2. The van der Waals surface area contributed by atoms with Gasteiger partial charge in [0.15, 0.2) is 0 Å². The summed E-state index contributed by atoms with van der Waals surface area (Å²) < 4.78 is 1.79. The first-order chi connectivity index (χ1) is 8.31. The Labute approximate surface area is 108 Å². The highest BCUT2D eigenvalue weighted by Gasteiger charge is 2.15. The number of hydrogen-bond acceptors (Lipinski definition) is 3. The van der Waals surface area contributed by atoms with E-state index >= 15 is 0 Å². The summed E-state index contributed by atoms with van der Waals surface area (Å²) in [5.74, 6) is -0.0256. The fourth-order valence-electron chi connectivity index (χ4n) is 2.13. The fraction of sp³-hybridized carbons (Fsp3) is 0.692. The van der Waals surface area contributed by atoms with Gasteiger partial charge < -0.3 is 10.4 Å². The molecule has 2 N–H and O–H groups in total. The summed E-state index contributed by atoms with van der Waals surface area (Å²) in [6, 6.07) is -0.0187. The summed E-state index contributed by atoms with van der Waals surface area (Å²) in [6.07, 6.45) is 0.508. The molecule has 2 atom stereocenters. The van der Waals surface area contributed by atoms with Gasteiger partial charge in [0.05, 0.1) is 18.2 Å². The molecule has 0 aliphatic heterocycles. The quantitative estimate of drug-likeness (QED) is 0.817. The van der Waals surface area contributed by atoms with Gasteiger partial charge in [-0.2, -0.15) is 5.10 Å². The largest absolute Gasteiger partial charge is 0.393 e. The molecule has 0 aliphatic rings. The van der Waals surface area contributed by atoms with Crippen molar-refractivity contribution in [1.82, 2.24) is 15.1 Å². The summed E-state index contributed by atoms with van der Waals surface area (Å²) in [4.78, 5) is 11.9. The number of nitrogens with one attached hydrogen (secondary N) is 1. The summed E-state index contributed by atoms with van der Waals surface area (Å²) in [5.41, 5.74) is 2.90. The topological polar surface area (TPSA) is 67.2 Å². The van der Waals surface area contributed by atoms with Crippen LogP contribution in [0.3, 0.4) is 0 Å². The van der Waals surface area contributed by atoms with Gasteiger partial charge in [0, 0.05) is 24.3 Å². The second kappa shape index (κ2) is 6.00. The highest BCUT2D eigenvalue weighted by Crippen LogP contribution is 2.12. The molecule has 0 aromatic carbocycles. The van der Waals surface area contributed by atoms with Crippen LogP contribution in [0.4, 0.5) is 0 Å². The minimum Gasteiger partial charge on any atom is -0.393 e. The molecule has 1 aromatic heterocycles. The van der Waals surface area contributed by atoms with E-state index in [9.17, 15) is 9.90 Å². The van der Waals surface area contributed by atoms with E-state index in [1.807, 2.05) is 27.8 Å². The molecule has 18 heavy (non-hydrogen) atoms. The predicted molar refractivity (Wildman–Crippen MR) is 70.3 cm³/mol. The molecule has 5 nitrogen and oxygen atoms in total. The predicted octanol–water partition coefficient (Wildman–Crippen LogP) is 0.855. The van der Waals surface area contributed by atoms with Crippen LogP contribution in [0, 0.1) is 13.8 Å². The fourth-order valence-corrected chi connectivity index (χ4v) is 2.13. The van der Waals surface area contributed by atoms with Crippen LogP contribution in [-0.4, -0.2) is 32.9 Å². The molecule has 1 heterocycles. The number of aliphatic hydroxyl groups is 1. The molecule has 5 heteroatoms. The molecule has 0 saturated carbocycles. The molecule has 0 bridgehead atoms. The van der Waals surface area contributed by atoms with E-state index < -0.39 is 6.10 Å². The molecule has 0 fully saturated rings. The van der Waals surface area contributed by atoms with E-state index in [1.54, 1.807) is 11.6 Å². The van der Waals surface area contributed by atoms with E-state index in [0.29, 0.717) is 12.8 Å². The van der Waals surface area contributed by atoms with Crippen LogP contribution in [0.25, 0.3) is 0 Å². The van der Waals surface area contributed by atoms with E-state index in [4.69, 9.17) is 0 Å². The zero-order valence-electron chi connectivity index (χ0n) is 11.8. The maximum absolute atomic E-state index is 11.9. The average Bonchev–Trinajstić information content (AvgIpc) is 2.43. The van der Waals surface area contributed by atoms with Gasteiger partial charge in [-0.15, -0.1) is 0 Å². The van der Waals surface area contributed by atoms with E-state index in [0.717, 1.165) is 17.0 Å². The van der Waals surface area contributed by atoms with Crippen molar-refractivity contribution in [3.8, 4) is 0 Å². The third-order valence-corrected chi connectivity index (χ3v) is 3.10. The Morgan fingerprint density at radius 2 is 2.06 bits per heavy atom. The second-order valence-corrected chi connectivity index (χ2v) is 5.00. The monoisotopic (exact) mass is 253 g/mol. The minimum absolute atomic E-state index is 0.0187. The summed E-state index contributed by atoms with van der Waals surface area (Å²) in [5, 5.41) is 16.4. The number of carbonyl (C=O) groups is 1. The lowest BCUT2D eigenvalue weighted by atomic mass is 10.1. The average molecular weight is 253 g/mol. The standard InChI is InChI=1S/C13H23N3O2/c1-8(6-9(2)17)14-13(18)7-12-10(3)15-16(5)11(12)4/h8-9,17H,6-7H2,1-5H3,(H,14,18). The van der Waals surface area contributed by atoms with Crippen LogP contribution in [0.2, 0.25) is 0 Å². The van der Waals surface area contributed by atoms with Crippen molar-refractivity contribution in [1.29, 1.82) is 0 Å². The van der Waals surface area contributed by atoms with Crippen LogP contribution < -0.4 is 5.32 Å². The van der Waals surface area contributed by atoms with Gasteiger partial charge in [-0.3, -0.25) is 9.48 Å². The van der Waals surface area contributed by atoms with Gasteiger partial charge in [0.2, 0.25) is 5.91 Å². The molecule has 2 unspecified atom stereocenters.